The van der Waals surface area contributed by atoms with Crippen molar-refractivity contribution in [1.29, 1.82) is 0 Å². The Balaban J connectivity index is 1.87. The summed E-state index contributed by atoms with van der Waals surface area (Å²) >= 11 is 0. The normalized spacial score (nSPS) is 22.4. The van der Waals surface area contributed by atoms with E-state index < -0.39 is 66.7 Å². The van der Waals surface area contributed by atoms with Gasteiger partial charge in [0.2, 0.25) is 23.6 Å². The first-order valence-electron chi connectivity index (χ1n) is 13.6. The van der Waals surface area contributed by atoms with Crippen LogP contribution in [0.5, 0.6) is 5.75 Å². The number of aromatic nitrogens is 2. The molecule has 4 atom stereocenters. The SMILES string of the molecule is CC(C)[C@H]1NC(=O)[C@H](CO)NC(=O)C[C@@H](C(=O)NCCc2cnccn2)NC(=O)c2ccccc2OC[C@H](C)NC1=O. The minimum absolute atomic E-state index is 0.000392. The fourth-order valence-electron chi connectivity index (χ4n) is 4.13. The number of aliphatic hydroxyl groups excluding tert-OH is 1. The lowest BCUT2D eigenvalue weighted by Gasteiger charge is -2.26. The van der Waals surface area contributed by atoms with Gasteiger partial charge in [-0.25, -0.2) is 0 Å². The van der Waals surface area contributed by atoms with E-state index in [0.29, 0.717) is 12.1 Å². The molecule has 0 saturated heterocycles. The predicted octanol–water partition coefficient (Wildman–Crippen LogP) is -1.16. The molecule has 0 bridgehead atoms. The second kappa shape index (κ2) is 15.4. The molecule has 1 aliphatic rings. The Labute approximate surface area is 243 Å². The molecule has 0 saturated carbocycles. The van der Waals surface area contributed by atoms with Crippen LogP contribution in [-0.2, 0) is 25.6 Å². The summed E-state index contributed by atoms with van der Waals surface area (Å²) in [5, 5.41) is 22.8. The van der Waals surface area contributed by atoms with Gasteiger partial charge in [0, 0.05) is 31.6 Å². The lowest BCUT2D eigenvalue weighted by molar-refractivity contribution is -0.134. The van der Waals surface area contributed by atoms with Gasteiger partial charge in [0.1, 0.15) is 30.5 Å². The van der Waals surface area contributed by atoms with Crippen molar-refractivity contribution in [3.05, 3.63) is 54.1 Å². The Morgan fingerprint density at radius 3 is 2.52 bits per heavy atom. The fraction of sp³-hybridized carbons (Fsp3) is 0.464. The zero-order valence-corrected chi connectivity index (χ0v) is 23.8. The number of hydrogen-bond acceptors (Lipinski definition) is 9. The van der Waals surface area contributed by atoms with Gasteiger partial charge in [0.05, 0.1) is 30.3 Å². The number of rotatable bonds is 6. The van der Waals surface area contributed by atoms with Crippen molar-refractivity contribution in [2.45, 2.75) is 57.8 Å². The number of benzene rings is 1. The molecule has 2 heterocycles. The van der Waals surface area contributed by atoms with E-state index in [2.05, 4.69) is 36.6 Å². The molecule has 42 heavy (non-hydrogen) atoms. The van der Waals surface area contributed by atoms with Crippen LogP contribution in [0.15, 0.2) is 42.9 Å². The fourth-order valence-corrected chi connectivity index (χ4v) is 4.13. The van der Waals surface area contributed by atoms with E-state index in [1.165, 1.54) is 18.5 Å². The van der Waals surface area contributed by atoms with Crippen LogP contribution in [0.3, 0.4) is 0 Å². The lowest BCUT2D eigenvalue weighted by atomic mass is 10.0. The summed E-state index contributed by atoms with van der Waals surface area (Å²) in [6.45, 7) is 4.57. The summed E-state index contributed by atoms with van der Waals surface area (Å²) < 4.78 is 5.84. The molecule has 226 valence electrons. The Morgan fingerprint density at radius 2 is 1.83 bits per heavy atom. The van der Waals surface area contributed by atoms with Crippen LogP contribution in [0.4, 0.5) is 0 Å². The molecule has 14 heteroatoms. The highest BCUT2D eigenvalue weighted by Gasteiger charge is 2.31. The van der Waals surface area contributed by atoms with Gasteiger partial charge in [-0.2, -0.15) is 0 Å². The van der Waals surface area contributed by atoms with Gasteiger partial charge in [-0.15, -0.1) is 0 Å². The Hall–Kier alpha value is -4.59. The van der Waals surface area contributed by atoms with Crippen LogP contribution in [-0.4, -0.2) is 88.5 Å². The molecule has 3 rings (SSSR count). The average Bonchev–Trinajstić information content (AvgIpc) is 2.97. The van der Waals surface area contributed by atoms with Crippen LogP contribution in [0.1, 0.15) is 43.2 Å². The maximum Gasteiger partial charge on any atom is 0.255 e. The first kappa shape index (κ1) is 31.9. The number of hydrogen-bond donors (Lipinski definition) is 6. The van der Waals surface area contributed by atoms with Gasteiger partial charge in [0.15, 0.2) is 0 Å². The van der Waals surface area contributed by atoms with Gasteiger partial charge in [0.25, 0.3) is 5.91 Å². The first-order chi connectivity index (χ1) is 20.1. The molecular weight excluding hydrogens is 546 g/mol. The second-order valence-corrected chi connectivity index (χ2v) is 10.2. The highest BCUT2D eigenvalue weighted by Crippen LogP contribution is 2.19. The summed E-state index contributed by atoms with van der Waals surface area (Å²) in [5.41, 5.74) is 0.751. The maximum absolute atomic E-state index is 13.3. The smallest absolute Gasteiger partial charge is 0.255 e. The summed E-state index contributed by atoms with van der Waals surface area (Å²) in [6.07, 6.45) is 4.42. The van der Waals surface area contributed by atoms with Gasteiger partial charge in [-0.1, -0.05) is 26.0 Å². The minimum Gasteiger partial charge on any atom is -0.491 e. The van der Waals surface area contributed by atoms with Gasteiger partial charge in [-0.05, 0) is 25.0 Å². The molecule has 2 aromatic rings. The van der Waals surface area contributed by atoms with Crippen molar-refractivity contribution >= 4 is 29.5 Å². The third kappa shape index (κ3) is 9.23. The summed E-state index contributed by atoms with van der Waals surface area (Å²) in [5.74, 6) is -3.49. The van der Waals surface area contributed by atoms with Crippen molar-refractivity contribution in [3.8, 4) is 5.75 Å². The predicted molar refractivity (Wildman–Crippen MR) is 150 cm³/mol. The topological polar surface area (TPSA) is 201 Å². The second-order valence-electron chi connectivity index (χ2n) is 10.2. The monoisotopic (exact) mass is 583 g/mol. The molecule has 0 fully saturated rings. The Kier molecular flexibility index (Phi) is 11.7. The summed E-state index contributed by atoms with van der Waals surface area (Å²) in [7, 11) is 0. The van der Waals surface area contributed by atoms with E-state index in [0.717, 1.165) is 0 Å². The van der Waals surface area contributed by atoms with E-state index in [4.69, 9.17) is 4.74 Å². The number of para-hydroxylation sites is 1. The van der Waals surface area contributed by atoms with E-state index in [1.54, 1.807) is 45.2 Å². The van der Waals surface area contributed by atoms with Gasteiger partial charge in [-0.3, -0.25) is 33.9 Å². The number of amides is 5. The highest BCUT2D eigenvalue weighted by molar-refractivity contribution is 6.01. The van der Waals surface area contributed by atoms with Gasteiger partial charge < -0.3 is 36.4 Å². The zero-order chi connectivity index (χ0) is 30.6. The van der Waals surface area contributed by atoms with E-state index in [-0.39, 0.29) is 30.4 Å². The Bertz CT molecular complexity index is 1260. The van der Waals surface area contributed by atoms with E-state index in [1.807, 2.05) is 0 Å². The van der Waals surface area contributed by atoms with E-state index >= 15 is 0 Å². The number of aliphatic hydroxyl groups is 1. The number of ether oxygens (including phenoxy) is 1. The van der Waals surface area contributed by atoms with Crippen LogP contribution in [0.25, 0.3) is 0 Å². The number of nitrogens with zero attached hydrogens (tertiary/aromatic N) is 2. The van der Waals surface area contributed by atoms with Crippen molar-refractivity contribution in [1.82, 2.24) is 36.6 Å². The number of carbonyl (C=O) groups excluding carboxylic acids is 5. The quantitative estimate of drug-likeness (QED) is 0.243. The molecule has 0 unspecified atom stereocenters. The lowest BCUT2D eigenvalue weighted by Crippen LogP contribution is -2.58. The Morgan fingerprint density at radius 1 is 1.07 bits per heavy atom. The summed E-state index contributed by atoms with van der Waals surface area (Å²) in [4.78, 5) is 73.4. The molecule has 1 aromatic carbocycles. The van der Waals surface area contributed by atoms with Crippen LogP contribution in [0.2, 0.25) is 0 Å². The molecule has 1 aliphatic heterocycles. The third-order valence-electron chi connectivity index (χ3n) is 6.40. The molecule has 0 aliphatic carbocycles. The largest absolute Gasteiger partial charge is 0.491 e. The van der Waals surface area contributed by atoms with Crippen molar-refractivity contribution in [2.24, 2.45) is 5.92 Å². The standard InChI is InChI=1S/C28H37N7O7/c1-16(2)24-28(41)32-17(3)15-42-22-7-5-4-6-19(22)25(38)34-20(12-23(37)33-21(14-36)27(40)35-24)26(39)31-9-8-18-13-29-10-11-30-18/h4-7,10-11,13,16-17,20-21,24,36H,8-9,12,14-15H2,1-3H3,(H,31,39)(H,32,41)(H,33,37)(H,34,38)(H,35,40)/t17-,20-,21-,24+/m0/s1. The van der Waals surface area contributed by atoms with Crippen molar-refractivity contribution in [3.63, 3.8) is 0 Å². The maximum atomic E-state index is 13.3. The molecule has 6 N–H and O–H groups in total. The van der Waals surface area contributed by atoms with Crippen LogP contribution < -0.4 is 31.3 Å². The van der Waals surface area contributed by atoms with Crippen LogP contribution in [0, 0.1) is 5.92 Å². The summed E-state index contributed by atoms with van der Waals surface area (Å²) in [6, 6.07) is 2.15. The first-order valence-corrected chi connectivity index (χ1v) is 13.6. The van der Waals surface area contributed by atoms with Crippen molar-refractivity contribution in [2.75, 3.05) is 19.8 Å². The number of fused-ring (bicyclic) bond motifs is 1. The molecule has 1 aromatic heterocycles. The zero-order valence-electron chi connectivity index (χ0n) is 23.8. The molecule has 0 spiro atoms. The molecular formula is C28H37N7O7. The number of carbonyl (C=O) groups is 5. The number of nitrogens with one attached hydrogen (secondary N) is 5. The molecule has 14 nitrogen and oxygen atoms in total. The molecule has 0 radical (unpaired) electrons. The highest BCUT2D eigenvalue weighted by atomic mass is 16.5. The minimum atomic E-state index is -1.40. The third-order valence-corrected chi connectivity index (χ3v) is 6.40. The molecule has 5 amide bonds. The van der Waals surface area contributed by atoms with Gasteiger partial charge >= 0.3 is 0 Å². The average molecular weight is 584 g/mol. The van der Waals surface area contributed by atoms with Crippen molar-refractivity contribution < 1.29 is 33.8 Å². The van der Waals surface area contributed by atoms with Crippen LogP contribution >= 0.6 is 0 Å². The van der Waals surface area contributed by atoms with E-state index in [9.17, 15) is 29.1 Å².